The molecule has 1 rings (SSSR count). The van der Waals surface area contributed by atoms with Crippen molar-refractivity contribution in [1.82, 2.24) is 10.3 Å². The summed E-state index contributed by atoms with van der Waals surface area (Å²) < 4.78 is 22.1. The number of carboxylic acids is 2. The minimum Gasteiger partial charge on any atom is -0.489 e. The standard InChI is InChI=1S/C18H25FN2O7/c1-18(2,3)28-17(26)21-14(16(24)25)9-11(15(22)23)8-12-4-5-13(10-20-12)27-7-6-19/h4-5,10-11,14H,6-9H2,1-3H3,(H,21,26)(H,22,23)(H,24,25)/t11-,14+/m0/s1. The molecule has 28 heavy (non-hydrogen) atoms. The van der Waals surface area contributed by atoms with E-state index in [1.54, 1.807) is 20.8 Å². The number of hydrogen-bond acceptors (Lipinski definition) is 6. The van der Waals surface area contributed by atoms with E-state index < -0.39 is 42.3 Å². The maximum atomic E-state index is 12.1. The van der Waals surface area contributed by atoms with Gasteiger partial charge in [0.2, 0.25) is 0 Å². The Bertz CT molecular complexity index is 674. The molecule has 0 unspecified atom stereocenters. The van der Waals surface area contributed by atoms with Gasteiger partial charge in [0, 0.05) is 12.1 Å². The number of halogens is 1. The minimum atomic E-state index is -1.44. The summed E-state index contributed by atoms with van der Waals surface area (Å²) in [7, 11) is 0. The van der Waals surface area contributed by atoms with Crippen LogP contribution >= 0.6 is 0 Å². The quantitative estimate of drug-likeness (QED) is 0.543. The molecular weight excluding hydrogens is 375 g/mol. The highest BCUT2D eigenvalue weighted by atomic mass is 19.1. The van der Waals surface area contributed by atoms with E-state index in [0.29, 0.717) is 11.4 Å². The van der Waals surface area contributed by atoms with Crippen molar-refractivity contribution in [2.45, 2.75) is 45.3 Å². The summed E-state index contributed by atoms with van der Waals surface area (Å²) in [5, 5.41) is 20.9. The van der Waals surface area contributed by atoms with Crippen LogP contribution in [0.2, 0.25) is 0 Å². The van der Waals surface area contributed by atoms with Gasteiger partial charge in [0.05, 0.1) is 12.1 Å². The number of carbonyl (C=O) groups is 3. The van der Waals surface area contributed by atoms with Crippen LogP contribution in [0.5, 0.6) is 5.75 Å². The van der Waals surface area contributed by atoms with Crippen LogP contribution in [0.1, 0.15) is 32.9 Å². The molecule has 1 heterocycles. The molecule has 0 fully saturated rings. The normalized spacial score (nSPS) is 13.3. The van der Waals surface area contributed by atoms with Gasteiger partial charge in [0.1, 0.15) is 30.7 Å². The van der Waals surface area contributed by atoms with Gasteiger partial charge >= 0.3 is 18.0 Å². The van der Waals surface area contributed by atoms with Gasteiger partial charge in [-0.15, -0.1) is 0 Å². The van der Waals surface area contributed by atoms with E-state index in [2.05, 4.69) is 10.3 Å². The second kappa shape index (κ2) is 10.4. The Labute approximate surface area is 161 Å². The molecule has 1 amide bonds. The summed E-state index contributed by atoms with van der Waals surface area (Å²) in [5.41, 5.74) is -0.434. The van der Waals surface area contributed by atoms with Gasteiger partial charge < -0.3 is 25.0 Å². The number of aliphatic carboxylic acids is 2. The van der Waals surface area contributed by atoms with Crippen molar-refractivity contribution in [2.75, 3.05) is 13.3 Å². The van der Waals surface area contributed by atoms with Crippen LogP contribution in [0.15, 0.2) is 18.3 Å². The first-order valence-electron chi connectivity index (χ1n) is 8.60. The molecule has 1 aromatic heterocycles. The average molecular weight is 400 g/mol. The molecular formula is C18H25FN2O7. The van der Waals surface area contributed by atoms with Gasteiger partial charge in [-0.05, 0) is 39.3 Å². The van der Waals surface area contributed by atoms with Crippen LogP contribution in [0, 0.1) is 5.92 Å². The second-order valence-corrected chi connectivity index (χ2v) is 7.03. The highest BCUT2D eigenvalue weighted by Gasteiger charge is 2.30. The maximum absolute atomic E-state index is 12.1. The summed E-state index contributed by atoms with van der Waals surface area (Å²) >= 11 is 0. The largest absolute Gasteiger partial charge is 0.489 e. The molecule has 0 aliphatic heterocycles. The van der Waals surface area contributed by atoms with Gasteiger partial charge in [0.15, 0.2) is 0 Å². The first kappa shape index (κ1) is 23.1. The zero-order valence-electron chi connectivity index (χ0n) is 16.0. The number of nitrogens with zero attached hydrogens (tertiary/aromatic N) is 1. The van der Waals surface area contributed by atoms with E-state index in [-0.39, 0.29) is 19.4 Å². The van der Waals surface area contributed by atoms with Crippen molar-refractivity contribution >= 4 is 18.0 Å². The van der Waals surface area contributed by atoms with E-state index >= 15 is 0 Å². The number of amides is 1. The molecule has 1 aromatic rings. The fourth-order valence-corrected chi connectivity index (χ4v) is 2.25. The van der Waals surface area contributed by atoms with Gasteiger partial charge in [-0.25, -0.2) is 14.0 Å². The molecule has 9 nitrogen and oxygen atoms in total. The van der Waals surface area contributed by atoms with Crippen molar-refractivity contribution in [3.8, 4) is 5.75 Å². The van der Waals surface area contributed by atoms with Crippen molar-refractivity contribution in [2.24, 2.45) is 5.92 Å². The van der Waals surface area contributed by atoms with E-state index in [0.717, 1.165) is 0 Å². The van der Waals surface area contributed by atoms with Gasteiger partial charge in [-0.2, -0.15) is 0 Å². The number of nitrogens with one attached hydrogen (secondary N) is 1. The average Bonchev–Trinajstić information content (AvgIpc) is 2.57. The van der Waals surface area contributed by atoms with Crippen molar-refractivity contribution in [3.63, 3.8) is 0 Å². The summed E-state index contributed by atoms with van der Waals surface area (Å²) in [5.74, 6) is -3.37. The Hall–Kier alpha value is -2.91. The van der Waals surface area contributed by atoms with Gasteiger partial charge in [0.25, 0.3) is 0 Å². The third kappa shape index (κ3) is 8.65. The van der Waals surface area contributed by atoms with Crippen LogP contribution < -0.4 is 10.1 Å². The molecule has 3 N–H and O–H groups in total. The predicted octanol–water partition coefficient (Wildman–Crippen LogP) is 2.04. The van der Waals surface area contributed by atoms with Crippen LogP contribution in [0.3, 0.4) is 0 Å². The molecule has 0 bridgehead atoms. The Morgan fingerprint density at radius 2 is 1.89 bits per heavy atom. The Morgan fingerprint density at radius 3 is 2.36 bits per heavy atom. The summed E-state index contributed by atoms with van der Waals surface area (Å²) in [4.78, 5) is 38.8. The molecule has 0 aliphatic rings. The topological polar surface area (TPSA) is 135 Å². The number of pyridine rings is 1. The number of carbonyl (C=O) groups excluding carboxylic acids is 1. The summed E-state index contributed by atoms with van der Waals surface area (Å²) in [6.45, 7) is 4.10. The molecule has 0 spiro atoms. The fraction of sp³-hybridized carbons (Fsp3) is 0.556. The molecule has 0 saturated carbocycles. The molecule has 0 aliphatic carbocycles. The number of carboxylic acid groups (broad SMARTS) is 2. The van der Waals surface area contributed by atoms with Gasteiger partial charge in [-0.3, -0.25) is 9.78 Å². The lowest BCUT2D eigenvalue weighted by atomic mass is 9.94. The van der Waals surface area contributed by atoms with Crippen LogP contribution in [-0.4, -0.2) is 58.2 Å². The molecule has 0 aromatic carbocycles. The highest BCUT2D eigenvalue weighted by Crippen LogP contribution is 2.17. The number of aromatic nitrogens is 1. The lowest BCUT2D eigenvalue weighted by Gasteiger charge is -2.23. The van der Waals surface area contributed by atoms with E-state index in [1.807, 2.05) is 0 Å². The van der Waals surface area contributed by atoms with E-state index in [9.17, 15) is 29.0 Å². The molecule has 2 atom stereocenters. The lowest BCUT2D eigenvalue weighted by molar-refractivity contribution is -0.144. The third-order valence-electron chi connectivity index (χ3n) is 3.46. The number of hydrogen-bond donors (Lipinski definition) is 3. The Balaban J connectivity index is 2.78. The van der Waals surface area contributed by atoms with Crippen LogP contribution in [-0.2, 0) is 20.7 Å². The summed E-state index contributed by atoms with van der Waals surface area (Å²) in [6, 6.07) is 1.59. The fourth-order valence-electron chi connectivity index (χ4n) is 2.25. The number of ether oxygens (including phenoxy) is 2. The first-order chi connectivity index (χ1) is 13.0. The van der Waals surface area contributed by atoms with Crippen LogP contribution in [0.4, 0.5) is 9.18 Å². The molecule has 0 radical (unpaired) electrons. The molecule has 0 saturated heterocycles. The third-order valence-corrected chi connectivity index (χ3v) is 3.46. The molecule has 10 heteroatoms. The van der Waals surface area contributed by atoms with Crippen molar-refractivity contribution < 1.29 is 38.5 Å². The first-order valence-corrected chi connectivity index (χ1v) is 8.60. The predicted molar refractivity (Wildman–Crippen MR) is 95.9 cm³/mol. The van der Waals surface area contributed by atoms with Gasteiger partial charge in [-0.1, -0.05) is 0 Å². The molecule has 156 valence electrons. The maximum Gasteiger partial charge on any atom is 0.408 e. The minimum absolute atomic E-state index is 0.0570. The lowest BCUT2D eigenvalue weighted by Crippen LogP contribution is -2.45. The zero-order chi connectivity index (χ0) is 21.3. The number of rotatable bonds is 10. The SMILES string of the molecule is CC(C)(C)OC(=O)N[C@H](C[C@H](Cc1ccc(OCCF)cn1)C(=O)O)C(=O)O. The van der Waals surface area contributed by atoms with Crippen LogP contribution in [0.25, 0.3) is 0 Å². The zero-order valence-corrected chi connectivity index (χ0v) is 16.0. The number of alkyl carbamates (subject to hydrolysis) is 1. The Kier molecular flexibility index (Phi) is 8.62. The monoisotopic (exact) mass is 400 g/mol. The van der Waals surface area contributed by atoms with E-state index in [4.69, 9.17) is 9.47 Å². The Morgan fingerprint density at radius 1 is 1.21 bits per heavy atom. The smallest absolute Gasteiger partial charge is 0.408 e. The van der Waals surface area contributed by atoms with Crippen molar-refractivity contribution in [1.29, 1.82) is 0 Å². The van der Waals surface area contributed by atoms with Crippen molar-refractivity contribution in [3.05, 3.63) is 24.0 Å². The van der Waals surface area contributed by atoms with E-state index in [1.165, 1.54) is 18.3 Å². The number of alkyl halides is 1. The summed E-state index contributed by atoms with van der Waals surface area (Å²) in [6.07, 6.45) is -0.0293. The highest BCUT2D eigenvalue weighted by molar-refractivity contribution is 5.81. The second-order valence-electron chi connectivity index (χ2n) is 7.03.